The van der Waals surface area contributed by atoms with E-state index < -0.39 is 5.82 Å². The summed E-state index contributed by atoms with van der Waals surface area (Å²) in [6, 6.07) is 12.8. The number of rotatable bonds is 6. The number of carbonyl (C=O) groups excluding carboxylic acids is 1. The van der Waals surface area contributed by atoms with Crippen LogP contribution in [0.3, 0.4) is 0 Å². The Balaban J connectivity index is 1.70. The van der Waals surface area contributed by atoms with Crippen LogP contribution in [0.15, 0.2) is 47.6 Å². The van der Waals surface area contributed by atoms with Gasteiger partial charge in [0.2, 0.25) is 5.91 Å². The van der Waals surface area contributed by atoms with E-state index in [4.69, 9.17) is 0 Å². The van der Waals surface area contributed by atoms with Crippen LogP contribution in [-0.2, 0) is 11.3 Å². The average molecular weight is 384 g/mol. The number of halogens is 1. The predicted octanol–water partition coefficient (Wildman–Crippen LogP) is 4.45. The SMILES string of the molecule is CCn1c(SCC(=O)Nc2ccc(C)cc2F)nnc1-c1cccc(C)c1. The Bertz CT molecular complexity index is 970. The first kappa shape index (κ1) is 19.1. The molecule has 0 atom stereocenters. The van der Waals surface area contributed by atoms with Crippen LogP contribution in [0, 0.1) is 19.7 Å². The Morgan fingerprint density at radius 1 is 1.15 bits per heavy atom. The largest absolute Gasteiger partial charge is 0.323 e. The van der Waals surface area contributed by atoms with E-state index in [-0.39, 0.29) is 17.3 Å². The van der Waals surface area contributed by atoms with Crippen LogP contribution in [-0.4, -0.2) is 26.4 Å². The highest BCUT2D eigenvalue weighted by Crippen LogP contribution is 2.25. The number of benzene rings is 2. The van der Waals surface area contributed by atoms with E-state index in [0.29, 0.717) is 11.7 Å². The zero-order valence-corrected chi connectivity index (χ0v) is 16.3. The van der Waals surface area contributed by atoms with Gasteiger partial charge in [-0.25, -0.2) is 4.39 Å². The van der Waals surface area contributed by atoms with Crippen LogP contribution in [0.25, 0.3) is 11.4 Å². The molecule has 0 aliphatic heterocycles. The molecular formula is C20H21FN4OS. The van der Waals surface area contributed by atoms with Crippen molar-refractivity contribution in [2.24, 2.45) is 0 Å². The third-order valence-electron chi connectivity index (χ3n) is 4.04. The number of hydrogen-bond acceptors (Lipinski definition) is 4. The van der Waals surface area contributed by atoms with Crippen molar-refractivity contribution in [3.05, 3.63) is 59.4 Å². The Labute approximate surface area is 162 Å². The van der Waals surface area contributed by atoms with Crippen LogP contribution >= 0.6 is 11.8 Å². The second-order valence-corrected chi connectivity index (χ2v) is 7.18. The summed E-state index contributed by atoms with van der Waals surface area (Å²) in [6.07, 6.45) is 0. The number of amides is 1. The van der Waals surface area contributed by atoms with E-state index in [1.54, 1.807) is 19.1 Å². The van der Waals surface area contributed by atoms with Gasteiger partial charge in [0.1, 0.15) is 5.82 Å². The molecule has 3 rings (SSSR count). The molecule has 7 heteroatoms. The van der Waals surface area contributed by atoms with Gasteiger partial charge in [0.05, 0.1) is 11.4 Å². The quantitative estimate of drug-likeness (QED) is 0.638. The monoisotopic (exact) mass is 384 g/mol. The molecule has 0 saturated carbocycles. The van der Waals surface area contributed by atoms with E-state index in [1.165, 1.54) is 17.8 Å². The van der Waals surface area contributed by atoms with E-state index in [1.807, 2.05) is 36.6 Å². The van der Waals surface area contributed by atoms with Gasteiger partial charge >= 0.3 is 0 Å². The molecule has 1 amide bonds. The van der Waals surface area contributed by atoms with Gasteiger partial charge in [-0.3, -0.25) is 4.79 Å². The first-order chi connectivity index (χ1) is 13.0. The highest BCUT2D eigenvalue weighted by molar-refractivity contribution is 7.99. The van der Waals surface area contributed by atoms with E-state index in [2.05, 4.69) is 21.6 Å². The van der Waals surface area contributed by atoms with Crippen molar-refractivity contribution < 1.29 is 9.18 Å². The molecule has 27 heavy (non-hydrogen) atoms. The summed E-state index contributed by atoms with van der Waals surface area (Å²) in [6.45, 7) is 6.52. The topological polar surface area (TPSA) is 59.8 Å². The van der Waals surface area contributed by atoms with E-state index in [0.717, 1.165) is 22.5 Å². The molecule has 3 aromatic rings. The van der Waals surface area contributed by atoms with Gasteiger partial charge in [-0.05, 0) is 44.5 Å². The number of nitrogens with zero attached hydrogens (tertiary/aromatic N) is 3. The lowest BCUT2D eigenvalue weighted by molar-refractivity contribution is -0.113. The van der Waals surface area contributed by atoms with Gasteiger partial charge in [-0.15, -0.1) is 10.2 Å². The number of hydrogen-bond donors (Lipinski definition) is 1. The van der Waals surface area contributed by atoms with Crippen LogP contribution in [0.4, 0.5) is 10.1 Å². The van der Waals surface area contributed by atoms with Crippen molar-refractivity contribution in [3.63, 3.8) is 0 Å². The molecule has 0 saturated heterocycles. The van der Waals surface area contributed by atoms with Gasteiger partial charge in [0.15, 0.2) is 11.0 Å². The number of thioether (sulfide) groups is 1. The number of anilines is 1. The van der Waals surface area contributed by atoms with Crippen molar-refractivity contribution in [2.45, 2.75) is 32.5 Å². The Kier molecular flexibility index (Phi) is 5.91. The summed E-state index contributed by atoms with van der Waals surface area (Å²) in [5.41, 5.74) is 3.12. The Morgan fingerprint density at radius 2 is 1.93 bits per heavy atom. The molecule has 0 bridgehead atoms. The Hall–Kier alpha value is -2.67. The summed E-state index contributed by atoms with van der Waals surface area (Å²) in [5, 5.41) is 11.8. The van der Waals surface area contributed by atoms with Crippen molar-refractivity contribution in [3.8, 4) is 11.4 Å². The molecule has 1 N–H and O–H groups in total. The third kappa shape index (κ3) is 4.54. The van der Waals surface area contributed by atoms with E-state index >= 15 is 0 Å². The molecule has 2 aromatic carbocycles. The number of aryl methyl sites for hydroxylation is 2. The molecule has 1 heterocycles. The zero-order valence-electron chi connectivity index (χ0n) is 15.5. The molecule has 0 aliphatic rings. The predicted molar refractivity (Wildman–Crippen MR) is 106 cm³/mol. The van der Waals surface area contributed by atoms with Crippen LogP contribution < -0.4 is 5.32 Å². The smallest absolute Gasteiger partial charge is 0.234 e. The summed E-state index contributed by atoms with van der Waals surface area (Å²) >= 11 is 1.28. The minimum atomic E-state index is -0.438. The number of carbonyl (C=O) groups is 1. The molecular weight excluding hydrogens is 363 g/mol. The molecule has 0 fully saturated rings. The summed E-state index contributed by atoms with van der Waals surface area (Å²) in [7, 11) is 0. The fourth-order valence-electron chi connectivity index (χ4n) is 2.72. The lowest BCUT2D eigenvalue weighted by atomic mass is 10.1. The fraction of sp³-hybridized carbons (Fsp3) is 0.250. The van der Waals surface area contributed by atoms with Gasteiger partial charge in [-0.1, -0.05) is 41.6 Å². The van der Waals surface area contributed by atoms with Gasteiger partial charge in [-0.2, -0.15) is 0 Å². The maximum absolute atomic E-state index is 13.9. The van der Waals surface area contributed by atoms with Crippen LogP contribution in [0.2, 0.25) is 0 Å². The van der Waals surface area contributed by atoms with Crippen LogP contribution in [0.1, 0.15) is 18.1 Å². The first-order valence-electron chi connectivity index (χ1n) is 8.67. The highest BCUT2D eigenvalue weighted by Gasteiger charge is 2.15. The number of nitrogens with one attached hydrogen (secondary N) is 1. The maximum atomic E-state index is 13.9. The summed E-state index contributed by atoms with van der Waals surface area (Å²) in [4.78, 5) is 12.2. The Morgan fingerprint density at radius 3 is 2.63 bits per heavy atom. The minimum absolute atomic E-state index is 0.124. The van der Waals surface area contributed by atoms with Crippen molar-refractivity contribution in [1.29, 1.82) is 0 Å². The second-order valence-electron chi connectivity index (χ2n) is 6.24. The summed E-state index contributed by atoms with van der Waals surface area (Å²) < 4.78 is 15.8. The van der Waals surface area contributed by atoms with Gasteiger partial charge < -0.3 is 9.88 Å². The molecule has 5 nitrogen and oxygen atoms in total. The molecule has 1 aromatic heterocycles. The molecule has 0 aliphatic carbocycles. The van der Waals surface area contributed by atoms with Gasteiger partial charge in [0.25, 0.3) is 0 Å². The minimum Gasteiger partial charge on any atom is -0.323 e. The fourth-order valence-corrected chi connectivity index (χ4v) is 3.52. The van der Waals surface area contributed by atoms with Crippen molar-refractivity contribution in [1.82, 2.24) is 14.8 Å². The summed E-state index contributed by atoms with van der Waals surface area (Å²) in [5.74, 6) is 0.172. The molecule has 0 spiro atoms. The van der Waals surface area contributed by atoms with Crippen LogP contribution in [0.5, 0.6) is 0 Å². The standard InChI is InChI=1S/C20H21FN4OS/c1-4-25-19(15-7-5-6-13(2)10-15)23-24-20(25)27-12-18(26)22-17-9-8-14(3)11-16(17)21/h5-11H,4,12H2,1-3H3,(H,22,26). The van der Waals surface area contributed by atoms with E-state index in [9.17, 15) is 9.18 Å². The van der Waals surface area contributed by atoms with Crippen molar-refractivity contribution >= 4 is 23.4 Å². The molecule has 140 valence electrons. The maximum Gasteiger partial charge on any atom is 0.234 e. The first-order valence-corrected chi connectivity index (χ1v) is 9.65. The number of aromatic nitrogens is 3. The zero-order chi connectivity index (χ0) is 19.4. The lowest BCUT2D eigenvalue weighted by Crippen LogP contribution is -2.15. The average Bonchev–Trinajstić information content (AvgIpc) is 3.05. The third-order valence-corrected chi connectivity index (χ3v) is 5.01. The molecule has 0 unspecified atom stereocenters. The highest BCUT2D eigenvalue weighted by atomic mass is 32.2. The second kappa shape index (κ2) is 8.35. The normalized spacial score (nSPS) is 10.8. The lowest BCUT2D eigenvalue weighted by Gasteiger charge is -2.09. The van der Waals surface area contributed by atoms with Crippen molar-refractivity contribution in [2.75, 3.05) is 11.1 Å². The van der Waals surface area contributed by atoms with Gasteiger partial charge in [0, 0.05) is 12.1 Å². The molecule has 0 radical (unpaired) electrons.